The fraction of sp³-hybridized carbons (Fsp3) is 0.350. The number of carbonyl (C=O) groups is 1. The van der Waals surface area contributed by atoms with E-state index in [2.05, 4.69) is 9.97 Å². The third kappa shape index (κ3) is 3.94. The number of sulfonamides is 1. The summed E-state index contributed by atoms with van der Waals surface area (Å²) in [6.07, 6.45) is 5.51. The number of pyridine rings is 2. The van der Waals surface area contributed by atoms with E-state index in [1.165, 1.54) is 10.5 Å². The number of aliphatic carboxylic acids is 1. The van der Waals surface area contributed by atoms with Crippen LogP contribution in [-0.4, -0.2) is 57.2 Å². The molecule has 3 aromatic heterocycles. The Bertz CT molecular complexity index is 1180. The number of hydrogen-bond donors (Lipinski definition) is 1. The largest absolute Gasteiger partial charge is 0.480 e. The van der Waals surface area contributed by atoms with Crippen LogP contribution in [0.3, 0.4) is 0 Å². The van der Waals surface area contributed by atoms with E-state index in [0.29, 0.717) is 25.2 Å². The van der Waals surface area contributed by atoms with Gasteiger partial charge in [0.15, 0.2) is 0 Å². The highest BCUT2D eigenvalue weighted by Crippen LogP contribution is 2.35. The van der Waals surface area contributed by atoms with Gasteiger partial charge in [0.1, 0.15) is 17.1 Å². The predicted octanol–water partition coefficient (Wildman–Crippen LogP) is 2.81. The molecule has 1 aliphatic heterocycles. The van der Waals surface area contributed by atoms with Crippen LogP contribution < -0.4 is 0 Å². The van der Waals surface area contributed by atoms with Crippen molar-refractivity contribution in [3.05, 3.63) is 48.4 Å². The molecular weight excluding hydrogens is 424 g/mol. The van der Waals surface area contributed by atoms with Gasteiger partial charge in [-0.1, -0.05) is 6.92 Å². The van der Waals surface area contributed by atoms with Crippen molar-refractivity contribution in [1.29, 1.82) is 0 Å². The van der Waals surface area contributed by atoms with Crippen LogP contribution in [0, 0.1) is 0 Å². The van der Waals surface area contributed by atoms with Crippen molar-refractivity contribution < 1.29 is 18.3 Å². The molecule has 8 nitrogen and oxygen atoms in total. The number of thioether (sulfide) groups is 1. The van der Waals surface area contributed by atoms with Gasteiger partial charge in [-0.25, -0.2) is 18.4 Å². The molecule has 1 N–H and O–H groups in total. The standard InChI is InChI=1S/C20H22N4O4S2/c1-2-29-18-6-5-15(10-22-18)30(27,28)24-9-7-14(11-24)17-12-23(13-19(25)26)20-16(17)4-3-8-21-20/h3-6,8,10,12,14H,2,7,9,11,13H2,1H3,(H,25,26). The SMILES string of the molecule is CCSc1ccc(S(=O)(=O)N2CCC(c3cn(CC(=O)O)c4ncccc34)C2)cn1. The number of carboxylic acids is 1. The van der Waals surface area contributed by atoms with Gasteiger partial charge in [-0.05, 0) is 42.0 Å². The summed E-state index contributed by atoms with van der Waals surface area (Å²) in [6.45, 7) is 2.58. The molecule has 4 heterocycles. The topological polar surface area (TPSA) is 105 Å². The highest BCUT2D eigenvalue weighted by Gasteiger charge is 2.34. The van der Waals surface area contributed by atoms with E-state index in [0.717, 1.165) is 21.7 Å². The van der Waals surface area contributed by atoms with Gasteiger partial charge in [-0.3, -0.25) is 4.79 Å². The molecule has 0 radical (unpaired) electrons. The minimum Gasteiger partial charge on any atom is -0.480 e. The van der Waals surface area contributed by atoms with E-state index in [4.69, 9.17) is 0 Å². The van der Waals surface area contributed by atoms with Crippen LogP contribution in [0.25, 0.3) is 11.0 Å². The Labute approximate surface area is 179 Å². The summed E-state index contributed by atoms with van der Waals surface area (Å²) in [6, 6.07) is 7.05. The first-order valence-corrected chi connectivity index (χ1v) is 12.1. The molecule has 158 valence electrons. The van der Waals surface area contributed by atoms with Crippen LogP contribution in [0.2, 0.25) is 0 Å². The fourth-order valence-electron chi connectivity index (χ4n) is 3.84. The van der Waals surface area contributed by atoms with Gasteiger partial charge in [0.2, 0.25) is 10.0 Å². The normalized spacial score (nSPS) is 17.6. The van der Waals surface area contributed by atoms with Crippen LogP contribution in [0.5, 0.6) is 0 Å². The van der Waals surface area contributed by atoms with E-state index in [-0.39, 0.29) is 17.4 Å². The first-order valence-electron chi connectivity index (χ1n) is 9.64. The maximum Gasteiger partial charge on any atom is 0.323 e. The molecule has 0 bridgehead atoms. The van der Waals surface area contributed by atoms with E-state index in [1.54, 1.807) is 40.9 Å². The Kier molecular flexibility index (Phi) is 5.81. The number of aromatic nitrogens is 3. The van der Waals surface area contributed by atoms with Crippen LogP contribution in [0.4, 0.5) is 0 Å². The van der Waals surface area contributed by atoms with E-state index >= 15 is 0 Å². The Morgan fingerprint density at radius 3 is 2.83 bits per heavy atom. The molecule has 3 aromatic rings. The Hall–Kier alpha value is -2.43. The lowest BCUT2D eigenvalue weighted by molar-refractivity contribution is -0.137. The summed E-state index contributed by atoms with van der Waals surface area (Å²) in [5.41, 5.74) is 1.54. The molecule has 1 aliphatic rings. The number of nitrogens with zero attached hydrogens (tertiary/aromatic N) is 4. The van der Waals surface area contributed by atoms with Gasteiger partial charge in [0.05, 0.1) is 5.03 Å². The molecule has 0 aliphatic carbocycles. The third-order valence-corrected chi connectivity index (χ3v) is 7.87. The molecule has 1 unspecified atom stereocenters. The van der Waals surface area contributed by atoms with Crippen LogP contribution >= 0.6 is 11.8 Å². The van der Waals surface area contributed by atoms with Crippen molar-refractivity contribution in [2.45, 2.75) is 35.7 Å². The van der Waals surface area contributed by atoms with Gasteiger partial charge >= 0.3 is 5.97 Å². The fourth-order valence-corrected chi connectivity index (χ4v) is 5.88. The molecule has 0 spiro atoms. The smallest absolute Gasteiger partial charge is 0.323 e. The average Bonchev–Trinajstić information content (AvgIpc) is 3.34. The first-order chi connectivity index (χ1) is 14.4. The molecule has 1 atom stereocenters. The lowest BCUT2D eigenvalue weighted by Crippen LogP contribution is -2.28. The molecule has 0 saturated carbocycles. The minimum absolute atomic E-state index is 0.0237. The predicted molar refractivity (Wildman–Crippen MR) is 114 cm³/mol. The highest BCUT2D eigenvalue weighted by atomic mass is 32.2. The maximum absolute atomic E-state index is 13.1. The van der Waals surface area contributed by atoms with Gasteiger partial charge in [-0.2, -0.15) is 4.31 Å². The monoisotopic (exact) mass is 446 g/mol. The zero-order valence-electron chi connectivity index (χ0n) is 16.4. The van der Waals surface area contributed by atoms with E-state index in [1.807, 2.05) is 19.1 Å². The van der Waals surface area contributed by atoms with Gasteiger partial charge < -0.3 is 9.67 Å². The van der Waals surface area contributed by atoms with Crippen molar-refractivity contribution in [2.75, 3.05) is 18.8 Å². The molecule has 4 rings (SSSR count). The minimum atomic E-state index is -3.63. The summed E-state index contributed by atoms with van der Waals surface area (Å²) in [7, 11) is -3.63. The van der Waals surface area contributed by atoms with Gasteiger partial charge in [0, 0.05) is 43.0 Å². The quantitative estimate of drug-likeness (QED) is 0.556. The zero-order valence-corrected chi connectivity index (χ0v) is 18.1. The van der Waals surface area contributed by atoms with Crippen LogP contribution in [0.15, 0.2) is 52.8 Å². The highest BCUT2D eigenvalue weighted by molar-refractivity contribution is 7.99. The lowest BCUT2D eigenvalue weighted by atomic mass is 9.99. The molecule has 0 amide bonds. The van der Waals surface area contributed by atoms with E-state index in [9.17, 15) is 18.3 Å². The van der Waals surface area contributed by atoms with Crippen molar-refractivity contribution >= 4 is 38.8 Å². The van der Waals surface area contributed by atoms with Gasteiger partial charge in [0.25, 0.3) is 0 Å². The van der Waals surface area contributed by atoms with Crippen molar-refractivity contribution in [2.24, 2.45) is 0 Å². The van der Waals surface area contributed by atoms with Crippen LogP contribution in [0.1, 0.15) is 24.8 Å². The summed E-state index contributed by atoms with van der Waals surface area (Å²) in [4.78, 5) is 20.0. The second kappa shape index (κ2) is 8.37. The summed E-state index contributed by atoms with van der Waals surface area (Å²) >= 11 is 1.56. The maximum atomic E-state index is 13.1. The molecular formula is C20H22N4O4S2. The number of rotatable bonds is 7. The van der Waals surface area contributed by atoms with Crippen molar-refractivity contribution in [3.8, 4) is 0 Å². The summed E-state index contributed by atoms with van der Waals surface area (Å²) in [5, 5.41) is 10.9. The van der Waals surface area contributed by atoms with Crippen molar-refractivity contribution in [1.82, 2.24) is 18.8 Å². The second-order valence-electron chi connectivity index (χ2n) is 7.09. The molecule has 1 saturated heterocycles. The Morgan fingerprint density at radius 2 is 2.13 bits per heavy atom. The zero-order chi connectivity index (χ0) is 21.3. The van der Waals surface area contributed by atoms with Gasteiger partial charge in [-0.15, -0.1) is 11.8 Å². The molecule has 10 heteroatoms. The van der Waals surface area contributed by atoms with Crippen LogP contribution in [-0.2, 0) is 21.4 Å². The van der Waals surface area contributed by atoms with Crippen molar-refractivity contribution in [3.63, 3.8) is 0 Å². The Morgan fingerprint density at radius 1 is 1.30 bits per heavy atom. The summed E-state index contributed by atoms with van der Waals surface area (Å²) in [5.74, 6) is -0.0987. The third-order valence-electron chi connectivity index (χ3n) is 5.20. The number of carboxylic acid groups (broad SMARTS) is 1. The number of hydrogen-bond acceptors (Lipinski definition) is 6. The Balaban J connectivity index is 1.59. The average molecular weight is 447 g/mol. The number of fused-ring (bicyclic) bond motifs is 1. The molecule has 0 aromatic carbocycles. The molecule has 30 heavy (non-hydrogen) atoms. The molecule has 1 fully saturated rings. The van der Waals surface area contributed by atoms with E-state index < -0.39 is 16.0 Å². The summed E-state index contributed by atoms with van der Waals surface area (Å²) < 4.78 is 29.3. The lowest BCUT2D eigenvalue weighted by Gasteiger charge is -2.16. The second-order valence-corrected chi connectivity index (χ2v) is 10.3. The first kappa shape index (κ1) is 20.8.